The molecule has 2 unspecified atom stereocenters. The minimum atomic E-state index is 0.345. The first kappa shape index (κ1) is 15.3. The molecule has 2 atom stereocenters. The van der Waals surface area contributed by atoms with E-state index in [1.54, 1.807) is 0 Å². The average molecular weight is 353 g/mol. The maximum absolute atomic E-state index is 6.33. The van der Waals surface area contributed by atoms with Crippen molar-refractivity contribution in [1.82, 2.24) is 10.3 Å². The van der Waals surface area contributed by atoms with Gasteiger partial charge in [0.15, 0.2) is 0 Å². The summed E-state index contributed by atoms with van der Waals surface area (Å²) in [7, 11) is 0. The van der Waals surface area contributed by atoms with Crippen molar-refractivity contribution in [2.24, 2.45) is 5.92 Å². The Labute approximate surface area is 136 Å². The molecular formula is C17H25BrN2O. The Morgan fingerprint density at radius 1 is 1.29 bits per heavy atom. The standard InChI is InChI=1S/C17H25BrN2O/c1-2-12-5-3-4-6-16(12)21-17-13(9-14(18)11-20-17)10-19-15-7-8-15/h9,11-12,15-16,19H,2-8,10H2,1H3. The third-order valence-electron chi connectivity index (χ3n) is 4.68. The molecule has 2 aliphatic rings. The second kappa shape index (κ2) is 7.10. The van der Waals surface area contributed by atoms with Gasteiger partial charge in [0.05, 0.1) is 0 Å². The molecule has 21 heavy (non-hydrogen) atoms. The van der Waals surface area contributed by atoms with Crippen molar-refractivity contribution >= 4 is 15.9 Å². The van der Waals surface area contributed by atoms with Crippen LogP contribution in [0.15, 0.2) is 16.7 Å². The van der Waals surface area contributed by atoms with Gasteiger partial charge in [-0.25, -0.2) is 4.98 Å². The predicted octanol–water partition coefficient (Wildman–Crippen LogP) is 4.44. The summed E-state index contributed by atoms with van der Waals surface area (Å²) < 4.78 is 7.35. The molecule has 1 aromatic heterocycles. The van der Waals surface area contributed by atoms with Gasteiger partial charge in [0, 0.05) is 28.8 Å². The summed E-state index contributed by atoms with van der Waals surface area (Å²) in [4.78, 5) is 4.53. The van der Waals surface area contributed by atoms with E-state index in [2.05, 4.69) is 39.2 Å². The third kappa shape index (κ3) is 4.19. The van der Waals surface area contributed by atoms with Gasteiger partial charge in [0.1, 0.15) is 6.10 Å². The number of hydrogen-bond acceptors (Lipinski definition) is 3. The summed E-state index contributed by atoms with van der Waals surface area (Å²) in [5.74, 6) is 1.52. The molecule has 3 nitrogen and oxygen atoms in total. The Morgan fingerprint density at radius 3 is 2.86 bits per heavy atom. The van der Waals surface area contributed by atoms with Gasteiger partial charge in [0.2, 0.25) is 5.88 Å². The molecule has 2 fully saturated rings. The molecule has 116 valence electrons. The van der Waals surface area contributed by atoms with Crippen LogP contribution >= 0.6 is 15.9 Å². The minimum absolute atomic E-state index is 0.345. The Morgan fingerprint density at radius 2 is 2.10 bits per heavy atom. The summed E-state index contributed by atoms with van der Waals surface area (Å²) in [5, 5.41) is 3.56. The zero-order valence-corrected chi connectivity index (χ0v) is 14.4. The smallest absolute Gasteiger partial charge is 0.218 e. The van der Waals surface area contributed by atoms with Gasteiger partial charge in [-0.1, -0.05) is 13.3 Å². The minimum Gasteiger partial charge on any atom is -0.474 e. The third-order valence-corrected chi connectivity index (χ3v) is 5.11. The molecule has 1 aromatic rings. The quantitative estimate of drug-likeness (QED) is 0.821. The van der Waals surface area contributed by atoms with Crippen molar-refractivity contribution in [1.29, 1.82) is 0 Å². The van der Waals surface area contributed by atoms with Gasteiger partial charge in [-0.15, -0.1) is 0 Å². The first-order chi connectivity index (χ1) is 10.3. The molecule has 0 radical (unpaired) electrons. The van der Waals surface area contributed by atoms with E-state index in [1.807, 2.05) is 6.20 Å². The van der Waals surface area contributed by atoms with E-state index in [9.17, 15) is 0 Å². The van der Waals surface area contributed by atoms with Gasteiger partial charge < -0.3 is 10.1 Å². The van der Waals surface area contributed by atoms with Crippen LogP contribution < -0.4 is 10.1 Å². The van der Waals surface area contributed by atoms with Crippen LogP contribution in [0.25, 0.3) is 0 Å². The van der Waals surface area contributed by atoms with E-state index in [0.717, 1.165) is 16.9 Å². The lowest BCUT2D eigenvalue weighted by Crippen LogP contribution is -2.31. The Bertz CT molecular complexity index is 476. The summed E-state index contributed by atoms with van der Waals surface area (Å²) in [6.45, 7) is 3.13. The van der Waals surface area contributed by atoms with E-state index in [-0.39, 0.29) is 0 Å². The molecule has 0 aromatic carbocycles. The van der Waals surface area contributed by atoms with E-state index < -0.39 is 0 Å². The molecule has 0 aliphatic heterocycles. The molecule has 1 N–H and O–H groups in total. The molecule has 4 heteroatoms. The lowest BCUT2D eigenvalue weighted by atomic mass is 9.85. The van der Waals surface area contributed by atoms with Gasteiger partial charge in [-0.3, -0.25) is 0 Å². The monoisotopic (exact) mass is 352 g/mol. The van der Waals surface area contributed by atoms with Crippen molar-refractivity contribution in [3.05, 3.63) is 22.3 Å². The predicted molar refractivity (Wildman–Crippen MR) is 88.5 cm³/mol. The highest BCUT2D eigenvalue weighted by molar-refractivity contribution is 9.10. The van der Waals surface area contributed by atoms with Crippen molar-refractivity contribution < 1.29 is 4.74 Å². The number of ether oxygens (including phenoxy) is 1. The SMILES string of the molecule is CCC1CCCCC1Oc1ncc(Br)cc1CNC1CC1. The van der Waals surface area contributed by atoms with E-state index in [0.29, 0.717) is 18.1 Å². The van der Waals surface area contributed by atoms with Crippen LogP contribution in [0.3, 0.4) is 0 Å². The number of aromatic nitrogens is 1. The fraction of sp³-hybridized carbons (Fsp3) is 0.706. The fourth-order valence-corrected chi connectivity index (χ4v) is 3.56. The van der Waals surface area contributed by atoms with Crippen LogP contribution in [-0.2, 0) is 6.54 Å². The largest absolute Gasteiger partial charge is 0.474 e. The number of nitrogens with one attached hydrogen (secondary N) is 1. The van der Waals surface area contributed by atoms with Crippen LogP contribution in [0, 0.1) is 5.92 Å². The lowest BCUT2D eigenvalue weighted by Gasteiger charge is -2.31. The van der Waals surface area contributed by atoms with Crippen molar-refractivity contribution in [2.75, 3.05) is 0 Å². The highest BCUT2D eigenvalue weighted by Gasteiger charge is 2.27. The highest BCUT2D eigenvalue weighted by atomic mass is 79.9. The zero-order valence-electron chi connectivity index (χ0n) is 12.8. The van der Waals surface area contributed by atoms with E-state index >= 15 is 0 Å². The molecule has 2 aliphatic carbocycles. The second-order valence-corrected chi connectivity index (χ2v) is 7.30. The summed E-state index contributed by atoms with van der Waals surface area (Å²) in [6.07, 6.45) is 11.1. The summed E-state index contributed by atoms with van der Waals surface area (Å²) >= 11 is 3.52. The average Bonchev–Trinajstić information content (AvgIpc) is 3.32. The Hall–Kier alpha value is -0.610. The topological polar surface area (TPSA) is 34.1 Å². The van der Waals surface area contributed by atoms with E-state index in [4.69, 9.17) is 4.74 Å². The Kier molecular flexibility index (Phi) is 5.17. The van der Waals surface area contributed by atoms with Crippen LogP contribution in [0.5, 0.6) is 5.88 Å². The van der Waals surface area contributed by atoms with Crippen LogP contribution in [-0.4, -0.2) is 17.1 Å². The molecule has 0 amide bonds. The van der Waals surface area contributed by atoms with Crippen LogP contribution in [0.2, 0.25) is 0 Å². The Balaban J connectivity index is 1.70. The van der Waals surface area contributed by atoms with Gasteiger partial charge >= 0.3 is 0 Å². The van der Waals surface area contributed by atoms with Crippen molar-refractivity contribution in [3.8, 4) is 5.88 Å². The summed E-state index contributed by atoms with van der Waals surface area (Å²) in [5.41, 5.74) is 1.18. The molecule has 2 saturated carbocycles. The van der Waals surface area contributed by atoms with Gasteiger partial charge in [-0.05, 0) is 66.4 Å². The first-order valence-electron chi connectivity index (χ1n) is 8.30. The lowest BCUT2D eigenvalue weighted by molar-refractivity contribution is 0.0846. The zero-order chi connectivity index (χ0) is 14.7. The number of halogens is 1. The number of hydrogen-bond donors (Lipinski definition) is 1. The molecule has 0 saturated heterocycles. The van der Waals surface area contributed by atoms with Crippen molar-refractivity contribution in [2.45, 2.75) is 70.6 Å². The summed E-state index contributed by atoms with van der Waals surface area (Å²) in [6, 6.07) is 2.84. The van der Waals surface area contributed by atoms with E-state index in [1.165, 1.54) is 50.5 Å². The number of rotatable bonds is 6. The normalized spacial score (nSPS) is 25.8. The molecule has 1 heterocycles. The van der Waals surface area contributed by atoms with Gasteiger partial charge in [-0.2, -0.15) is 0 Å². The molecule has 0 bridgehead atoms. The van der Waals surface area contributed by atoms with Gasteiger partial charge in [0.25, 0.3) is 0 Å². The van der Waals surface area contributed by atoms with Crippen LogP contribution in [0.4, 0.5) is 0 Å². The highest BCUT2D eigenvalue weighted by Crippen LogP contribution is 2.32. The maximum Gasteiger partial charge on any atom is 0.218 e. The fourth-order valence-electron chi connectivity index (χ4n) is 3.18. The van der Waals surface area contributed by atoms with Crippen LogP contribution in [0.1, 0.15) is 57.4 Å². The number of nitrogens with zero attached hydrogens (tertiary/aromatic N) is 1. The number of pyridine rings is 1. The molecular weight excluding hydrogens is 328 g/mol. The molecule has 0 spiro atoms. The first-order valence-corrected chi connectivity index (χ1v) is 9.10. The molecule has 3 rings (SSSR count). The maximum atomic E-state index is 6.33. The second-order valence-electron chi connectivity index (χ2n) is 6.38. The van der Waals surface area contributed by atoms with Crippen molar-refractivity contribution in [3.63, 3.8) is 0 Å².